The first-order valence-electron chi connectivity index (χ1n) is 14.0. The van der Waals surface area contributed by atoms with E-state index in [1.165, 1.54) is 6.42 Å². The van der Waals surface area contributed by atoms with Crippen molar-refractivity contribution in [1.82, 2.24) is 30.2 Å². The molecule has 35 heavy (non-hydrogen) atoms. The fourth-order valence-corrected chi connectivity index (χ4v) is 4.11. The van der Waals surface area contributed by atoms with Crippen LogP contribution in [0.2, 0.25) is 0 Å². The maximum atomic E-state index is 5.93. The van der Waals surface area contributed by atoms with Crippen LogP contribution in [0.5, 0.6) is 0 Å². The first-order chi connectivity index (χ1) is 17.1. The van der Waals surface area contributed by atoms with Crippen LogP contribution in [0.4, 0.5) is 0 Å². The van der Waals surface area contributed by atoms with Crippen LogP contribution in [0.15, 0.2) is 0 Å². The second-order valence-corrected chi connectivity index (χ2v) is 9.16. The highest BCUT2D eigenvalue weighted by Gasteiger charge is 2.13. The van der Waals surface area contributed by atoms with Gasteiger partial charge in [-0.15, -0.1) is 0 Å². The zero-order chi connectivity index (χ0) is 26.0. The second-order valence-electron chi connectivity index (χ2n) is 9.16. The second kappa shape index (κ2) is 26.6. The highest BCUT2D eigenvalue weighted by Crippen LogP contribution is 1.99. The van der Waals surface area contributed by atoms with E-state index in [0.717, 1.165) is 111 Å². The summed E-state index contributed by atoms with van der Waals surface area (Å²) in [6.45, 7) is 21.4. The summed E-state index contributed by atoms with van der Waals surface area (Å²) < 4.78 is 0. The van der Waals surface area contributed by atoms with Gasteiger partial charge in [0.05, 0.1) is 0 Å². The molecule has 0 radical (unpaired) electrons. The van der Waals surface area contributed by atoms with E-state index in [9.17, 15) is 0 Å². The Hall–Kier alpha value is -0.440. The highest BCUT2D eigenvalue weighted by molar-refractivity contribution is 4.70. The molecule has 212 valence electrons. The molecule has 0 aliphatic heterocycles. The largest absolute Gasteiger partial charge is 0.329 e. The molecule has 0 saturated heterocycles. The molecule has 11 nitrogen and oxygen atoms in total. The van der Waals surface area contributed by atoms with Gasteiger partial charge in [-0.3, -0.25) is 14.7 Å². The number of nitrogens with two attached hydrogens (primary N) is 5. The average Bonchev–Trinajstić information content (AvgIpc) is 2.85. The summed E-state index contributed by atoms with van der Waals surface area (Å²) in [5.74, 6) is 0. The molecule has 0 bridgehead atoms. The molecule has 0 fully saturated rings. The van der Waals surface area contributed by atoms with Gasteiger partial charge in [-0.05, 0) is 32.5 Å². The summed E-state index contributed by atoms with van der Waals surface area (Å²) in [5.41, 5.74) is 29.0. The van der Waals surface area contributed by atoms with E-state index in [1.807, 2.05) is 0 Å². The molecule has 0 heterocycles. The predicted molar refractivity (Wildman–Crippen MR) is 152 cm³/mol. The summed E-state index contributed by atoms with van der Waals surface area (Å²) >= 11 is 0. The lowest BCUT2D eigenvalue weighted by molar-refractivity contribution is 0.164. The lowest BCUT2D eigenvalue weighted by Gasteiger charge is -2.31. The van der Waals surface area contributed by atoms with Crippen LogP contribution >= 0.6 is 0 Å². The third kappa shape index (κ3) is 21.4. The van der Waals surface area contributed by atoms with Gasteiger partial charge in [0.25, 0.3) is 0 Å². The van der Waals surface area contributed by atoms with Gasteiger partial charge in [-0.25, -0.2) is 0 Å². The van der Waals surface area contributed by atoms with Crippen molar-refractivity contribution in [3.05, 3.63) is 0 Å². The minimum atomic E-state index is 0.663. The summed E-state index contributed by atoms with van der Waals surface area (Å²) in [5, 5.41) is 6.93. The molecule has 0 aromatic carbocycles. The molecule has 0 amide bonds. The highest BCUT2D eigenvalue weighted by atomic mass is 15.2. The molecule has 0 atom stereocenters. The van der Waals surface area contributed by atoms with Gasteiger partial charge in [-0.2, -0.15) is 0 Å². The van der Waals surface area contributed by atoms with Crippen molar-refractivity contribution in [3.63, 3.8) is 0 Å². The zero-order valence-electron chi connectivity index (χ0n) is 22.9. The molecule has 0 spiro atoms. The van der Waals surface area contributed by atoms with Gasteiger partial charge in [0.1, 0.15) is 0 Å². The van der Waals surface area contributed by atoms with Crippen LogP contribution < -0.4 is 39.3 Å². The smallest absolute Gasteiger partial charge is 0.0110 e. The Kier molecular flexibility index (Phi) is 26.3. The third-order valence-corrected chi connectivity index (χ3v) is 6.16. The van der Waals surface area contributed by atoms with Gasteiger partial charge >= 0.3 is 0 Å². The Morgan fingerprint density at radius 1 is 0.400 bits per heavy atom. The van der Waals surface area contributed by atoms with E-state index in [-0.39, 0.29) is 0 Å². The first kappa shape index (κ1) is 34.6. The minimum Gasteiger partial charge on any atom is -0.329 e. The van der Waals surface area contributed by atoms with Crippen molar-refractivity contribution in [2.24, 2.45) is 28.7 Å². The van der Waals surface area contributed by atoms with E-state index in [4.69, 9.17) is 28.7 Å². The monoisotopic (exact) mass is 504 g/mol. The quantitative estimate of drug-likeness (QED) is 0.0542. The van der Waals surface area contributed by atoms with Crippen LogP contribution in [-0.2, 0) is 0 Å². The maximum Gasteiger partial charge on any atom is 0.0110 e. The lowest BCUT2D eigenvalue weighted by Crippen LogP contribution is -2.45. The van der Waals surface area contributed by atoms with Crippen molar-refractivity contribution in [1.29, 1.82) is 0 Å². The SMILES string of the molecule is CCCNCCN(CCN)CCN(CCCNCCN)CCN(CCN)CCN(CCN)CCN. The van der Waals surface area contributed by atoms with Crippen LogP contribution in [0, 0.1) is 0 Å². The van der Waals surface area contributed by atoms with Crippen molar-refractivity contribution in [2.45, 2.75) is 19.8 Å². The van der Waals surface area contributed by atoms with Crippen molar-refractivity contribution in [3.8, 4) is 0 Å². The van der Waals surface area contributed by atoms with E-state index in [0.29, 0.717) is 32.7 Å². The maximum absolute atomic E-state index is 5.93. The fourth-order valence-electron chi connectivity index (χ4n) is 4.11. The normalized spacial score (nSPS) is 12.2. The summed E-state index contributed by atoms with van der Waals surface area (Å²) in [6, 6.07) is 0. The lowest BCUT2D eigenvalue weighted by atomic mass is 10.3. The average molecular weight is 504 g/mol. The first-order valence-corrected chi connectivity index (χ1v) is 14.0. The number of rotatable bonds is 28. The minimum absolute atomic E-state index is 0.663. The van der Waals surface area contributed by atoms with Crippen LogP contribution in [0.25, 0.3) is 0 Å². The van der Waals surface area contributed by atoms with Crippen LogP contribution in [0.1, 0.15) is 19.8 Å². The van der Waals surface area contributed by atoms with Gasteiger partial charge in [0.2, 0.25) is 0 Å². The Morgan fingerprint density at radius 2 is 0.800 bits per heavy atom. The number of hydrogen-bond donors (Lipinski definition) is 7. The van der Waals surface area contributed by atoms with Gasteiger partial charge in [0, 0.05) is 118 Å². The molecule has 0 aromatic rings. The number of hydrogen-bond acceptors (Lipinski definition) is 11. The van der Waals surface area contributed by atoms with Gasteiger partial charge in [-0.1, -0.05) is 6.92 Å². The number of nitrogens with zero attached hydrogens (tertiary/aromatic N) is 4. The molecule has 0 aliphatic rings. The fraction of sp³-hybridized carbons (Fsp3) is 1.00. The molecule has 0 aliphatic carbocycles. The summed E-state index contributed by atoms with van der Waals surface area (Å²) in [6.07, 6.45) is 2.28. The Labute approximate surface area is 216 Å². The molecule has 11 heteroatoms. The van der Waals surface area contributed by atoms with E-state index >= 15 is 0 Å². The van der Waals surface area contributed by atoms with Crippen molar-refractivity contribution >= 4 is 0 Å². The topological polar surface area (TPSA) is 167 Å². The van der Waals surface area contributed by atoms with Gasteiger partial charge in [0.15, 0.2) is 0 Å². The molecule has 0 unspecified atom stereocenters. The van der Waals surface area contributed by atoms with Crippen LogP contribution in [0.3, 0.4) is 0 Å². The summed E-state index contributed by atoms with van der Waals surface area (Å²) in [4.78, 5) is 9.90. The Bertz CT molecular complexity index is 411. The third-order valence-electron chi connectivity index (χ3n) is 6.16. The zero-order valence-corrected chi connectivity index (χ0v) is 22.9. The van der Waals surface area contributed by atoms with E-state index < -0.39 is 0 Å². The standard InChI is InChI=1S/C24H61N11/c1-2-9-30-12-18-34(16-7-28)22-19-32(13-3-10-31-11-4-25)20-23-35(17-8-29)24-21-33(14-5-26)15-6-27/h30-31H,2-29H2,1H3. The van der Waals surface area contributed by atoms with Crippen molar-refractivity contribution in [2.75, 3.05) is 137 Å². The Balaban J connectivity index is 4.79. The molecular formula is C24H61N11. The van der Waals surface area contributed by atoms with E-state index in [1.54, 1.807) is 0 Å². The van der Waals surface area contributed by atoms with E-state index in [2.05, 4.69) is 37.2 Å². The molecular weight excluding hydrogens is 442 g/mol. The van der Waals surface area contributed by atoms with Crippen molar-refractivity contribution < 1.29 is 0 Å². The number of nitrogens with one attached hydrogen (secondary N) is 2. The molecule has 0 saturated carbocycles. The molecule has 12 N–H and O–H groups in total. The van der Waals surface area contributed by atoms with Crippen LogP contribution in [-0.4, -0.2) is 157 Å². The van der Waals surface area contributed by atoms with Gasteiger partial charge < -0.3 is 44.2 Å². The molecule has 0 rings (SSSR count). The predicted octanol–water partition coefficient (Wildman–Crippen LogP) is -3.03. The molecule has 0 aromatic heterocycles. The Morgan fingerprint density at radius 3 is 1.23 bits per heavy atom. The summed E-state index contributed by atoms with van der Waals surface area (Å²) in [7, 11) is 0.